The van der Waals surface area contributed by atoms with Crippen molar-refractivity contribution in [2.75, 3.05) is 13.7 Å². The molecular formula is C9H18O. The molecule has 0 amide bonds. The van der Waals surface area contributed by atoms with E-state index in [1.54, 1.807) is 7.11 Å². The normalized spacial score (nSPS) is 11.6. The van der Waals surface area contributed by atoms with Crippen molar-refractivity contribution >= 4 is 0 Å². The minimum Gasteiger partial charge on any atom is -0.385 e. The van der Waals surface area contributed by atoms with Crippen LogP contribution in [0.4, 0.5) is 0 Å². The van der Waals surface area contributed by atoms with E-state index in [4.69, 9.17) is 4.74 Å². The Hall–Kier alpha value is -0.300. The first-order chi connectivity index (χ1) is 4.50. The molecule has 0 N–H and O–H groups in total. The second-order valence-corrected chi connectivity index (χ2v) is 3.41. The molecule has 0 saturated heterocycles. The summed E-state index contributed by atoms with van der Waals surface area (Å²) < 4.78 is 4.99. The van der Waals surface area contributed by atoms with Crippen molar-refractivity contribution in [2.24, 2.45) is 5.41 Å². The summed E-state index contributed by atoms with van der Waals surface area (Å²) in [5, 5.41) is 0. The predicted molar refractivity (Wildman–Crippen MR) is 45.1 cm³/mol. The van der Waals surface area contributed by atoms with Crippen molar-refractivity contribution in [2.45, 2.75) is 27.2 Å². The molecule has 0 atom stereocenters. The Kier molecular flexibility index (Phi) is 3.66. The van der Waals surface area contributed by atoms with Crippen LogP contribution in [-0.4, -0.2) is 13.7 Å². The predicted octanol–water partition coefficient (Wildman–Crippen LogP) is 2.63. The van der Waals surface area contributed by atoms with Gasteiger partial charge in [0.25, 0.3) is 0 Å². The fourth-order valence-corrected chi connectivity index (χ4v) is 0.571. The lowest BCUT2D eigenvalue weighted by molar-refractivity contribution is 0.165. The lowest BCUT2D eigenvalue weighted by atomic mass is 9.83. The molecule has 0 aromatic carbocycles. The van der Waals surface area contributed by atoms with Crippen molar-refractivity contribution in [1.82, 2.24) is 0 Å². The molecule has 0 aliphatic heterocycles. The average molecular weight is 142 g/mol. The molecule has 0 radical (unpaired) electrons. The Bertz CT molecular complexity index is 114. The first-order valence-corrected chi connectivity index (χ1v) is 3.65. The summed E-state index contributed by atoms with van der Waals surface area (Å²) in [6.07, 6.45) is 1.05. The van der Waals surface area contributed by atoms with Gasteiger partial charge in [-0.25, -0.2) is 0 Å². The Morgan fingerprint density at radius 2 is 2.00 bits per heavy atom. The molecule has 1 heteroatoms. The third kappa shape index (κ3) is 3.02. The summed E-state index contributed by atoms with van der Waals surface area (Å²) in [6.45, 7) is 11.2. The molecule has 0 rings (SSSR count). The zero-order valence-corrected chi connectivity index (χ0v) is 7.53. The smallest absolute Gasteiger partial charge is 0.0470 e. The van der Waals surface area contributed by atoms with E-state index in [-0.39, 0.29) is 5.41 Å². The van der Waals surface area contributed by atoms with Crippen LogP contribution in [0.1, 0.15) is 27.2 Å². The number of methoxy groups -OCH3 is 1. The second-order valence-electron chi connectivity index (χ2n) is 3.41. The maximum Gasteiger partial charge on any atom is 0.0470 e. The highest BCUT2D eigenvalue weighted by Crippen LogP contribution is 2.27. The molecule has 0 spiro atoms. The maximum absolute atomic E-state index is 4.99. The van der Waals surface area contributed by atoms with Crippen LogP contribution >= 0.6 is 0 Å². The molecule has 0 aliphatic rings. The van der Waals surface area contributed by atoms with E-state index < -0.39 is 0 Å². The van der Waals surface area contributed by atoms with Crippen LogP contribution < -0.4 is 0 Å². The Balaban J connectivity index is 3.75. The molecular weight excluding hydrogens is 124 g/mol. The van der Waals surface area contributed by atoms with Gasteiger partial charge in [0.1, 0.15) is 0 Å². The molecule has 1 nitrogen and oxygen atoms in total. The van der Waals surface area contributed by atoms with E-state index in [1.165, 1.54) is 5.57 Å². The van der Waals surface area contributed by atoms with E-state index in [0.717, 1.165) is 13.0 Å². The molecule has 60 valence electrons. The van der Waals surface area contributed by atoms with Gasteiger partial charge in [-0.2, -0.15) is 0 Å². The average Bonchev–Trinajstić information content (AvgIpc) is 1.84. The summed E-state index contributed by atoms with van der Waals surface area (Å²) in [5.41, 5.74) is 1.46. The fraction of sp³-hybridized carbons (Fsp3) is 0.778. The van der Waals surface area contributed by atoms with Gasteiger partial charge in [0.05, 0.1) is 0 Å². The van der Waals surface area contributed by atoms with Crippen molar-refractivity contribution in [3.8, 4) is 0 Å². The summed E-state index contributed by atoms with van der Waals surface area (Å²) in [5.74, 6) is 0. The monoisotopic (exact) mass is 142 g/mol. The first-order valence-electron chi connectivity index (χ1n) is 3.65. The Morgan fingerprint density at radius 1 is 1.50 bits per heavy atom. The molecule has 0 aromatic heterocycles. The molecule has 0 aliphatic carbocycles. The van der Waals surface area contributed by atoms with Gasteiger partial charge in [0, 0.05) is 13.7 Å². The highest BCUT2D eigenvalue weighted by molar-refractivity contribution is 5.02. The topological polar surface area (TPSA) is 9.23 Å². The van der Waals surface area contributed by atoms with E-state index in [1.807, 2.05) is 0 Å². The summed E-state index contributed by atoms with van der Waals surface area (Å²) in [4.78, 5) is 0. The highest BCUT2D eigenvalue weighted by atomic mass is 16.5. The minimum atomic E-state index is 0.232. The number of hydrogen-bond donors (Lipinski definition) is 0. The van der Waals surface area contributed by atoms with Gasteiger partial charge >= 0.3 is 0 Å². The van der Waals surface area contributed by atoms with E-state index in [9.17, 15) is 0 Å². The van der Waals surface area contributed by atoms with Gasteiger partial charge in [-0.05, 0) is 18.8 Å². The third-order valence-corrected chi connectivity index (χ3v) is 2.09. The van der Waals surface area contributed by atoms with Gasteiger partial charge in [-0.15, -0.1) is 0 Å². The van der Waals surface area contributed by atoms with Crippen LogP contribution in [0.15, 0.2) is 12.2 Å². The summed E-state index contributed by atoms with van der Waals surface area (Å²) in [7, 11) is 1.73. The van der Waals surface area contributed by atoms with Crippen LogP contribution in [0.3, 0.4) is 0 Å². The largest absolute Gasteiger partial charge is 0.385 e. The summed E-state index contributed by atoms with van der Waals surface area (Å²) in [6, 6.07) is 0. The van der Waals surface area contributed by atoms with E-state index in [2.05, 4.69) is 27.4 Å². The van der Waals surface area contributed by atoms with Crippen LogP contribution in [0, 0.1) is 5.41 Å². The first kappa shape index (κ1) is 9.70. The minimum absolute atomic E-state index is 0.232. The van der Waals surface area contributed by atoms with Crippen LogP contribution in [-0.2, 0) is 4.74 Å². The van der Waals surface area contributed by atoms with Crippen molar-refractivity contribution in [1.29, 1.82) is 0 Å². The summed E-state index contributed by atoms with van der Waals surface area (Å²) >= 11 is 0. The lowest BCUT2D eigenvalue weighted by Crippen LogP contribution is -2.14. The SMILES string of the molecule is C=C(C)C(C)(C)CCOC. The molecule has 0 saturated carbocycles. The Labute approximate surface area is 64.1 Å². The van der Waals surface area contributed by atoms with Crippen LogP contribution in [0.5, 0.6) is 0 Å². The number of hydrogen-bond acceptors (Lipinski definition) is 1. The third-order valence-electron chi connectivity index (χ3n) is 2.09. The van der Waals surface area contributed by atoms with Crippen molar-refractivity contribution in [3.63, 3.8) is 0 Å². The van der Waals surface area contributed by atoms with E-state index in [0.29, 0.717) is 0 Å². The van der Waals surface area contributed by atoms with Crippen molar-refractivity contribution < 1.29 is 4.74 Å². The Morgan fingerprint density at radius 3 is 2.30 bits per heavy atom. The van der Waals surface area contributed by atoms with Crippen molar-refractivity contribution in [3.05, 3.63) is 12.2 Å². The van der Waals surface area contributed by atoms with Crippen LogP contribution in [0.2, 0.25) is 0 Å². The molecule has 0 heterocycles. The van der Waals surface area contributed by atoms with Gasteiger partial charge in [0.15, 0.2) is 0 Å². The molecule has 10 heavy (non-hydrogen) atoms. The standard InChI is InChI=1S/C9H18O/c1-8(2)9(3,4)6-7-10-5/h1,6-7H2,2-5H3. The molecule has 0 fully saturated rings. The zero-order valence-electron chi connectivity index (χ0n) is 7.53. The number of allylic oxidation sites excluding steroid dienone is 1. The lowest BCUT2D eigenvalue weighted by Gasteiger charge is -2.24. The number of ether oxygens (including phenoxy) is 1. The molecule has 0 bridgehead atoms. The van der Waals surface area contributed by atoms with Gasteiger partial charge < -0.3 is 4.74 Å². The van der Waals surface area contributed by atoms with E-state index >= 15 is 0 Å². The van der Waals surface area contributed by atoms with Gasteiger partial charge in [0.2, 0.25) is 0 Å². The maximum atomic E-state index is 4.99. The second kappa shape index (κ2) is 3.77. The zero-order chi connectivity index (χ0) is 8.20. The highest BCUT2D eigenvalue weighted by Gasteiger charge is 2.17. The van der Waals surface area contributed by atoms with Crippen LogP contribution in [0.25, 0.3) is 0 Å². The fourth-order valence-electron chi connectivity index (χ4n) is 0.571. The molecule has 0 aromatic rings. The van der Waals surface area contributed by atoms with Gasteiger partial charge in [-0.3, -0.25) is 0 Å². The quantitative estimate of drug-likeness (QED) is 0.548. The number of rotatable bonds is 4. The molecule has 0 unspecified atom stereocenters. The van der Waals surface area contributed by atoms with Gasteiger partial charge in [-0.1, -0.05) is 26.0 Å².